The van der Waals surface area contributed by atoms with Gasteiger partial charge in [-0.2, -0.15) is 18.1 Å². The maximum absolute atomic E-state index is 14.0. The predicted molar refractivity (Wildman–Crippen MR) is 162 cm³/mol. The highest BCUT2D eigenvalue weighted by Gasteiger charge is 2.65. The highest BCUT2D eigenvalue weighted by Crippen LogP contribution is 2.53. The van der Waals surface area contributed by atoms with Crippen LogP contribution in [0.15, 0.2) is 81.4 Å². The Hall–Kier alpha value is -3.79. The zero-order valence-corrected chi connectivity index (χ0v) is 27.2. The molecule has 0 spiro atoms. The molecule has 9 nitrogen and oxygen atoms in total. The molecule has 0 aromatic heterocycles. The Labute approximate surface area is 278 Å². The van der Waals surface area contributed by atoms with Gasteiger partial charge in [0.25, 0.3) is 5.92 Å². The molecule has 0 saturated heterocycles. The molecule has 1 heterocycles. The first-order valence-corrected chi connectivity index (χ1v) is 16.0. The monoisotopic (exact) mass is 764 g/mol. The van der Waals surface area contributed by atoms with E-state index >= 15 is 0 Å². The van der Waals surface area contributed by atoms with Gasteiger partial charge in [0.05, 0.1) is 11.6 Å². The Morgan fingerprint density at radius 1 is 0.875 bits per heavy atom. The van der Waals surface area contributed by atoms with Crippen molar-refractivity contribution in [2.75, 3.05) is 0 Å². The summed E-state index contributed by atoms with van der Waals surface area (Å²) in [5.74, 6) is -4.87. The molecule has 0 fully saturated rings. The lowest BCUT2D eigenvalue weighted by Crippen LogP contribution is -2.53. The summed E-state index contributed by atoms with van der Waals surface area (Å²) in [4.78, 5) is 34.8. The van der Waals surface area contributed by atoms with Crippen molar-refractivity contribution in [3.8, 4) is 0 Å². The number of alkyl halides is 7. The van der Waals surface area contributed by atoms with Crippen LogP contribution in [-0.4, -0.2) is 35.0 Å². The standard InChI is InChI=1S/C30H26BrF7N5O4P/c1-27(32,33)19-6-2-16(3-7-19)12-23(25(39)44)41-26(45)24(13-17-4-8-20(9-5-17)29(34,35)48(46)47)40-15-18-10-21(14-22(31)11-18)28(42-43-28)30(36,37)38/h2-11,14,23-24,40H,12-13,15H2,1H3,(H3-,39,41,44,45,46,47)/p+1. The van der Waals surface area contributed by atoms with E-state index < -0.39 is 60.9 Å². The van der Waals surface area contributed by atoms with Crippen LogP contribution in [-0.2, 0) is 50.8 Å². The SMILES string of the molecule is CC(F)(F)c1ccc(CC(NC(=O)C(Cc2ccc(C(F)(F)[P+](=O)O)cc2)NCc2cc(Br)cc(C3(C(F)(F)F)N=N3)c2)C(N)=O)cc1. The minimum absolute atomic E-state index is 0.173. The Bertz CT molecular complexity index is 1710. The summed E-state index contributed by atoms with van der Waals surface area (Å²) in [6, 6.07) is 10.6. The van der Waals surface area contributed by atoms with E-state index in [9.17, 15) is 44.9 Å². The first-order valence-electron chi connectivity index (χ1n) is 14.0. The van der Waals surface area contributed by atoms with Crippen LogP contribution in [0.5, 0.6) is 0 Å². The Morgan fingerprint density at radius 2 is 1.40 bits per heavy atom. The van der Waals surface area contributed by atoms with Crippen molar-refractivity contribution in [2.45, 2.75) is 61.8 Å². The number of carbonyl (C=O) groups excluding carboxylic acids is 2. The molecule has 1 aliphatic rings. The summed E-state index contributed by atoms with van der Waals surface area (Å²) in [6.45, 7) is 0.516. The van der Waals surface area contributed by atoms with Crippen LogP contribution in [0.1, 0.15) is 40.3 Å². The smallest absolute Gasteiger partial charge is 0.368 e. The minimum Gasteiger partial charge on any atom is -0.368 e. The molecule has 0 bridgehead atoms. The van der Waals surface area contributed by atoms with Gasteiger partial charge in [0.1, 0.15) is 6.04 Å². The van der Waals surface area contributed by atoms with Crippen LogP contribution in [0.25, 0.3) is 0 Å². The van der Waals surface area contributed by atoms with Crippen LogP contribution >= 0.6 is 24.0 Å². The molecule has 3 unspecified atom stereocenters. The van der Waals surface area contributed by atoms with Gasteiger partial charge in [-0.05, 0) is 58.0 Å². The molecule has 5 N–H and O–H groups in total. The van der Waals surface area contributed by atoms with Crippen LogP contribution < -0.4 is 16.4 Å². The molecule has 3 aromatic carbocycles. The number of nitrogens with two attached hydrogens (primary N) is 1. The van der Waals surface area contributed by atoms with Crippen molar-refractivity contribution in [2.24, 2.45) is 16.0 Å². The van der Waals surface area contributed by atoms with Crippen molar-refractivity contribution in [3.05, 3.63) is 105 Å². The normalized spacial score (nSPS) is 15.8. The maximum atomic E-state index is 14.0. The van der Waals surface area contributed by atoms with E-state index in [1.807, 2.05) is 0 Å². The molecular weight excluding hydrogens is 738 g/mol. The van der Waals surface area contributed by atoms with Crippen LogP contribution in [0.2, 0.25) is 0 Å². The molecule has 0 saturated carbocycles. The zero-order chi connectivity index (χ0) is 35.7. The van der Waals surface area contributed by atoms with Crippen LogP contribution in [0.4, 0.5) is 30.7 Å². The lowest BCUT2D eigenvalue weighted by Gasteiger charge is -2.23. The van der Waals surface area contributed by atoms with E-state index in [2.05, 4.69) is 36.8 Å². The van der Waals surface area contributed by atoms with E-state index in [-0.39, 0.29) is 40.5 Å². The van der Waals surface area contributed by atoms with E-state index in [4.69, 9.17) is 10.6 Å². The third-order valence-electron chi connectivity index (χ3n) is 7.47. The van der Waals surface area contributed by atoms with E-state index in [0.717, 1.165) is 24.3 Å². The fourth-order valence-electron chi connectivity index (χ4n) is 4.75. The maximum Gasteiger partial charge on any atom is 0.589 e. The molecule has 48 heavy (non-hydrogen) atoms. The average molecular weight is 765 g/mol. The van der Waals surface area contributed by atoms with Gasteiger partial charge < -0.3 is 16.4 Å². The van der Waals surface area contributed by atoms with Gasteiger partial charge in [-0.15, -0.1) is 19.0 Å². The molecule has 256 valence electrons. The predicted octanol–water partition coefficient (Wildman–Crippen LogP) is 6.44. The number of benzene rings is 3. The van der Waals surface area contributed by atoms with Crippen molar-refractivity contribution >= 4 is 35.8 Å². The summed E-state index contributed by atoms with van der Waals surface area (Å²) in [6.07, 6.45) is -5.17. The molecule has 1 aliphatic heterocycles. The van der Waals surface area contributed by atoms with Crippen molar-refractivity contribution in [1.82, 2.24) is 10.6 Å². The molecule has 2 amide bonds. The molecule has 3 aromatic rings. The van der Waals surface area contributed by atoms with Crippen LogP contribution in [0, 0.1) is 0 Å². The Morgan fingerprint density at radius 3 is 1.85 bits per heavy atom. The Balaban J connectivity index is 1.57. The van der Waals surface area contributed by atoms with Gasteiger partial charge in [0, 0.05) is 35.5 Å². The number of nitrogens with zero attached hydrogens (tertiary/aromatic N) is 2. The van der Waals surface area contributed by atoms with Crippen molar-refractivity contribution < 1.29 is 49.8 Å². The summed E-state index contributed by atoms with van der Waals surface area (Å²) in [5, 5.41) is 11.8. The van der Waals surface area contributed by atoms with E-state index in [1.165, 1.54) is 42.5 Å². The molecule has 3 atom stereocenters. The average Bonchev–Trinajstić information content (AvgIpc) is 3.81. The number of carbonyl (C=O) groups is 2. The lowest BCUT2D eigenvalue weighted by molar-refractivity contribution is -0.166. The molecule has 4 rings (SSSR count). The zero-order valence-electron chi connectivity index (χ0n) is 24.7. The summed E-state index contributed by atoms with van der Waals surface area (Å²) < 4.78 is 108. The fourth-order valence-corrected chi connectivity index (χ4v) is 5.66. The number of hydrogen-bond donors (Lipinski definition) is 4. The van der Waals surface area contributed by atoms with Gasteiger partial charge in [0.15, 0.2) is 0 Å². The second-order valence-electron chi connectivity index (χ2n) is 11.1. The van der Waals surface area contributed by atoms with Gasteiger partial charge in [-0.3, -0.25) is 9.59 Å². The third-order valence-corrected chi connectivity index (χ3v) is 8.66. The second kappa shape index (κ2) is 14.0. The van der Waals surface area contributed by atoms with Gasteiger partial charge in [-0.25, -0.2) is 8.78 Å². The van der Waals surface area contributed by atoms with Gasteiger partial charge in [0.2, 0.25) is 11.8 Å². The highest BCUT2D eigenvalue weighted by atomic mass is 79.9. The van der Waals surface area contributed by atoms with E-state index in [0.29, 0.717) is 18.1 Å². The number of amides is 2. The number of halogens is 8. The summed E-state index contributed by atoms with van der Waals surface area (Å²) in [5.41, 5.74) is -1.56. The number of nitrogens with one attached hydrogen (secondary N) is 2. The topological polar surface area (TPSA) is 146 Å². The van der Waals surface area contributed by atoms with Gasteiger partial charge in [-0.1, -0.05) is 52.3 Å². The lowest BCUT2D eigenvalue weighted by atomic mass is 9.99. The molecule has 18 heteroatoms. The highest BCUT2D eigenvalue weighted by molar-refractivity contribution is 9.10. The van der Waals surface area contributed by atoms with Crippen molar-refractivity contribution in [1.29, 1.82) is 0 Å². The summed E-state index contributed by atoms with van der Waals surface area (Å²) >= 11 is 3.17. The first kappa shape index (κ1) is 37.0. The van der Waals surface area contributed by atoms with E-state index in [1.54, 1.807) is 0 Å². The summed E-state index contributed by atoms with van der Waals surface area (Å²) in [7, 11) is -3.88. The number of primary amides is 1. The van der Waals surface area contributed by atoms with Gasteiger partial charge >= 0.3 is 25.5 Å². The molecule has 0 radical (unpaired) electrons. The quantitative estimate of drug-likeness (QED) is 0.110. The largest absolute Gasteiger partial charge is 0.589 e. The third kappa shape index (κ3) is 8.62. The number of rotatable bonds is 14. The molecular formula is C30H27BrF7N5O4P+. The number of hydrogen-bond acceptors (Lipinski definition) is 6. The molecule has 0 aliphatic carbocycles. The second-order valence-corrected chi connectivity index (χ2v) is 13.1. The van der Waals surface area contributed by atoms with Crippen molar-refractivity contribution in [3.63, 3.8) is 0 Å². The Kier molecular flexibility index (Phi) is 10.8. The fraction of sp³-hybridized carbons (Fsp3) is 0.333. The van der Waals surface area contributed by atoms with Crippen LogP contribution in [0.3, 0.4) is 0 Å². The first-order chi connectivity index (χ1) is 22.2. The minimum atomic E-state index is -4.80.